The third-order valence-electron chi connectivity index (χ3n) is 5.52. The number of rotatable bonds is 5. The number of hydrogen-bond acceptors (Lipinski definition) is 5. The van der Waals surface area contributed by atoms with Gasteiger partial charge in [0.2, 0.25) is 5.91 Å². The van der Waals surface area contributed by atoms with E-state index in [1.165, 1.54) is 0 Å². The fourth-order valence-electron chi connectivity index (χ4n) is 3.95. The number of thiophene rings is 1. The van der Waals surface area contributed by atoms with Crippen LogP contribution in [0.2, 0.25) is 0 Å². The van der Waals surface area contributed by atoms with Crippen molar-refractivity contribution in [3.05, 3.63) is 88.7 Å². The van der Waals surface area contributed by atoms with Gasteiger partial charge in [-0.2, -0.15) is 10.2 Å². The number of hydrazone groups is 1. The second kappa shape index (κ2) is 8.43. The molecule has 0 aliphatic carbocycles. The van der Waals surface area contributed by atoms with Crippen molar-refractivity contribution in [2.24, 2.45) is 5.10 Å². The quantitative estimate of drug-likeness (QED) is 0.421. The molecular weight excluding hydrogens is 420 g/mol. The van der Waals surface area contributed by atoms with Crippen molar-refractivity contribution in [3.63, 3.8) is 0 Å². The summed E-state index contributed by atoms with van der Waals surface area (Å²) in [6.45, 7) is 1.56. The van der Waals surface area contributed by atoms with Crippen LogP contribution in [0.15, 0.2) is 83.4 Å². The topological polar surface area (TPSA) is 59.7 Å². The number of amides is 1. The van der Waals surface area contributed by atoms with Gasteiger partial charge in [-0.05, 0) is 47.8 Å². The molecule has 0 spiro atoms. The average molecular weight is 443 g/mol. The molecule has 5 rings (SSSR count). The Morgan fingerprint density at radius 2 is 1.84 bits per heavy atom. The minimum absolute atomic E-state index is 0.0882. The van der Waals surface area contributed by atoms with E-state index >= 15 is 0 Å². The van der Waals surface area contributed by atoms with Crippen molar-refractivity contribution in [1.29, 1.82) is 0 Å². The molecule has 32 heavy (non-hydrogen) atoms. The van der Waals surface area contributed by atoms with Gasteiger partial charge in [0.05, 0.1) is 35.1 Å². The maximum absolute atomic E-state index is 12.5. The Hall–Kier alpha value is -3.71. The molecule has 0 N–H and O–H groups in total. The zero-order chi connectivity index (χ0) is 22.1. The Morgan fingerprint density at radius 1 is 1.06 bits per heavy atom. The number of aromatic nitrogens is 2. The van der Waals surface area contributed by atoms with E-state index in [0.717, 1.165) is 38.8 Å². The first-order valence-electron chi connectivity index (χ1n) is 10.3. The molecule has 0 fully saturated rings. The fourth-order valence-corrected chi connectivity index (χ4v) is 4.67. The molecule has 0 saturated carbocycles. The maximum atomic E-state index is 12.5. The highest BCUT2D eigenvalue weighted by molar-refractivity contribution is 7.12. The Balaban J connectivity index is 1.61. The van der Waals surface area contributed by atoms with Crippen molar-refractivity contribution < 1.29 is 9.53 Å². The molecule has 0 saturated heterocycles. The molecule has 1 atom stereocenters. The van der Waals surface area contributed by atoms with E-state index in [-0.39, 0.29) is 11.9 Å². The van der Waals surface area contributed by atoms with Crippen molar-refractivity contribution >= 4 is 23.0 Å². The van der Waals surface area contributed by atoms with Crippen LogP contribution in [-0.4, -0.2) is 33.5 Å². The minimum atomic E-state index is -0.223. The summed E-state index contributed by atoms with van der Waals surface area (Å²) in [5.74, 6) is 0.696. The van der Waals surface area contributed by atoms with Crippen molar-refractivity contribution in [2.75, 3.05) is 7.11 Å². The number of benzene rings is 2. The van der Waals surface area contributed by atoms with Crippen LogP contribution in [0.5, 0.6) is 5.75 Å². The monoisotopic (exact) mass is 442 g/mol. The third-order valence-corrected chi connectivity index (χ3v) is 6.44. The summed E-state index contributed by atoms with van der Waals surface area (Å²) < 4.78 is 7.19. The number of nitrogens with zero attached hydrogens (tertiary/aromatic N) is 4. The van der Waals surface area contributed by atoms with Crippen LogP contribution in [0, 0.1) is 0 Å². The van der Waals surface area contributed by atoms with Gasteiger partial charge >= 0.3 is 0 Å². The summed E-state index contributed by atoms with van der Waals surface area (Å²) >= 11 is 1.63. The van der Waals surface area contributed by atoms with Crippen molar-refractivity contribution in [1.82, 2.24) is 14.8 Å². The minimum Gasteiger partial charge on any atom is -0.497 e. The van der Waals surface area contributed by atoms with Crippen LogP contribution in [0.25, 0.3) is 16.9 Å². The van der Waals surface area contributed by atoms with E-state index in [2.05, 4.69) is 5.10 Å². The molecule has 2 aromatic heterocycles. The highest BCUT2D eigenvalue weighted by atomic mass is 32.1. The van der Waals surface area contributed by atoms with Crippen LogP contribution in [0.4, 0.5) is 0 Å². The van der Waals surface area contributed by atoms with E-state index in [0.29, 0.717) is 6.42 Å². The molecule has 0 radical (unpaired) electrons. The van der Waals surface area contributed by atoms with Gasteiger partial charge in [-0.25, -0.2) is 9.69 Å². The maximum Gasteiger partial charge on any atom is 0.240 e. The smallest absolute Gasteiger partial charge is 0.240 e. The van der Waals surface area contributed by atoms with Crippen LogP contribution in [-0.2, 0) is 4.79 Å². The highest BCUT2D eigenvalue weighted by Crippen LogP contribution is 2.39. The lowest BCUT2D eigenvalue weighted by molar-refractivity contribution is -0.130. The first-order chi connectivity index (χ1) is 15.6. The van der Waals surface area contributed by atoms with Crippen molar-refractivity contribution in [2.45, 2.75) is 19.4 Å². The average Bonchev–Trinajstić information content (AvgIpc) is 3.58. The predicted octanol–water partition coefficient (Wildman–Crippen LogP) is 5.31. The van der Waals surface area contributed by atoms with Crippen LogP contribution < -0.4 is 4.74 Å². The molecule has 0 unspecified atom stereocenters. The Morgan fingerprint density at radius 3 is 2.50 bits per heavy atom. The van der Waals surface area contributed by atoms with Gasteiger partial charge in [-0.15, -0.1) is 11.3 Å². The Kier molecular flexibility index (Phi) is 5.33. The summed E-state index contributed by atoms with van der Waals surface area (Å²) in [5, 5.41) is 13.2. The molecule has 1 amide bonds. The SMILES string of the molecule is COc1ccc(-c2nn(-c3ccccc3)cc2[C@H]2CC(c3cccs3)=NN2C(C)=O)cc1. The van der Waals surface area contributed by atoms with E-state index in [1.807, 2.05) is 83.0 Å². The van der Waals surface area contributed by atoms with E-state index < -0.39 is 0 Å². The molecule has 1 aliphatic rings. The predicted molar refractivity (Wildman–Crippen MR) is 126 cm³/mol. The summed E-state index contributed by atoms with van der Waals surface area (Å²) in [5.41, 5.74) is 4.64. The summed E-state index contributed by atoms with van der Waals surface area (Å²) in [4.78, 5) is 13.6. The molecule has 3 heterocycles. The lowest BCUT2D eigenvalue weighted by Gasteiger charge is -2.20. The first-order valence-corrected chi connectivity index (χ1v) is 11.2. The second-order valence-electron chi connectivity index (χ2n) is 7.55. The summed E-state index contributed by atoms with van der Waals surface area (Å²) in [6.07, 6.45) is 2.66. The van der Waals surface area contributed by atoms with Gasteiger partial charge < -0.3 is 4.74 Å². The molecule has 2 aromatic carbocycles. The molecule has 1 aliphatic heterocycles. The van der Waals surface area contributed by atoms with Gasteiger partial charge in [-0.1, -0.05) is 24.3 Å². The lowest BCUT2D eigenvalue weighted by atomic mass is 9.98. The fraction of sp³-hybridized carbons (Fsp3) is 0.160. The molecule has 6 nitrogen and oxygen atoms in total. The third kappa shape index (κ3) is 3.71. The standard InChI is InChI=1S/C25H22N4O2S/c1-17(30)29-23(15-22(26-29)24-9-6-14-32-24)21-16-28(19-7-4-3-5-8-19)27-25(21)18-10-12-20(31-2)13-11-18/h3-14,16,23H,15H2,1-2H3/t23-/m1/s1. The molecular formula is C25H22N4O2S. The second-order valence-corrected chi connectivity index (χ2v) is 8.50. The molecule has 160 valence electrons. The number of methoxy groups -OCH3 is 1. The normalized spacial score (nSPS) is 15.6. The van der Waals surface area contributed by atoms with E-state index in [9.17, 15) is 4.79 Å². The Labute approximate surface area is 190 Å². The molecule has 0 bridgehead atoms. The number of hydrogen-bond donors (Lipinski definition) is 0. The summed E-state index contributed by atoms with van der Waals surface area (Å²) in [7, 11) is 1.65. The molecule has 4 aromatic rings. The van der Waals surface area contributed by atoms with Gasteiger partial charge in [0.25, 0.3) is 0 Å². The number of para-hydroxylation sites is 1. The van der Waals surface area contributed by atoms with E-state index in [4.69, 9.17) is 9.84 Å². The van der Waals surface area contributed by atoms with Crippen LogP contribution in [0.1, 0.15) is 29.8 Å². The Bertz CT molecular complexity index is 1260. The largest absolute Gasteiger partial charge is 0.497 e. The number of carbonyl (C=O) groups is 1. The van der Waals surface area contributed by atoms with Gasteiger partial charge in [0.1, 0.15) is 5.75 Å². The zero-order valence-corrected chi connectivity index (χ0v) is 18.6. The number of carbonyl (C=O) groups excluding carboxylic acids is 1. The van der Waals surface area contributed by atoms with Gasteiger partial charge in [-0.3, -0.25) is 4.79 Å². The number of ether oxygens (including phenoxy) is 1. The van der Waals surface area contributed by atoms with E-state index in [1.54, 1.807) is 30.4 Å². The zero-order valence-electron chi connectivity index (χ0n) is 17.8. The first kappa shape index (κ1) is 20.2. The molecule has 7 heteroatoms. The van der Waals surface area contributed by atoms with Crippen LogP contribution in [0.3, 0.4) is 0 Å². The van der Waals surface area contributed by atoms with Crippen LogP contribution >= 0.6 is 11.3 Å². The summed E-state index contributed by atoms with van der Waals surface area (Å²) in [6, 6.07) is 21.6. The van der Waals surface area contributed by atoms with Crippen molar-refractivity contribution in [3.8, 4) is 22.7 Å². The van der Waals surface area contributed by atoms with Gasteiger partial charge in [0.15, 0.2) is 0 Å². The van der Waals surface area contributed by atoms with Gasteiger partial charge in [0, 0.05) is 30.7 Å². The highest BCUT2D eigenvalue weighted by Gasteiger charge is 2.35. The lowest BCUT2D eigenvalue weighted by Crippen LogP contribution is -2.24.